The molecule has 0 aliphatic carbocycles. The lowest BCUT2D eigenvalue weighted by molar-refractivity contribution is 0.355. The third kappa shape index (κ3) is 3.99. The van der Waals surface area contributed by atoms with E-state index in [4.69, 9.17) is 14.5 Å². The van der Waals surface area contributed by atoms with Crippen molar-refractivity contribution in [3.05, 3.63) is 87.2 Å². The summed E-state index contributed by atoms with van der Waals surface area (Å²) in [6.45, 7) is 6.06. The van der Waals surface area contributed by atoms with Crippen LogP contribution in [0.5, 0.6) is 11.5 Å². The zero-order valence-electron chi connectivity index (χ0n) is 18.8. The molecule has 0 fully saturated rings. The van der Waals surface area contributed by atoms with E-state index in [1.807, 2.05) is 56.3 Å². The van der Waals surface area contributed by atoms with Crippen molar-refractivity contribution in [2.75, 3.05) is 14.2 Å². The Kier molecular flexibility index (Phi) is 5.77. The van der Waals surface area contributed by atoms with Crippen LogP contribution in [0.4, 0.5) is 0 Å². The van der Waals surface area contributed by atoms with Gasteiger partial charge < -0.3 is 9.47 Å². The van der Waals surface area contributed by atoms with Crippen molar-refractivity contribution in [2.45, 2.75) is 20.8 Å². The maximum Gasteiger partial charge on any atom is 0.282 e. The highest BCUT2D eigenvalue weighted by molar-refractivity contribution is 5.82. The highest BCUT2D eigenvalue weighted by Gasteiger charge is 2.15. The zero-order valence-corrected chi connectivity index (χ0v) is 18.8. The molecule has 0 radical (unpaired) electrons. The maximum atomic E-state index is 13.4. The van der Waals surface area contributed by atoms with Crippen LogP contribution in [0, 0.1) is 20.8 Å². The van der Waals surface area contributed by atoms with Crippen molar-refractivity contribution in [3.8, 4) is 22.9 Å². The van der Waals surface area contributed by atoms with E-state index < -0.39 is 0 Å². The highest BCUT2D eigenvalue weighted by Crippen LogP contribution is 2.31. The van der Waals surface area contributed by atoms with E-state index in [1.54, 1.807) is 32.6 Å². The maximum absolute atomic E-state index is 13.4. The second-order valence-corrected chi connectivity index (χ2v) is 7.73. The van der Waals surface area contributed by atoms with Gasteiger partial charge in [0.15, 0.2) is 17.3 Å². The molecule has 0 unspecified atom stereocenters. The van der Waals surface area contributed by atoms with Crippen LogP contribution >= 0.6 is 0 Å². The molecule has 0 atom stereocenters. The van der Waals surface area contributed by atoms with Crippen LogP contribution in [0.2, 0.25) is 0 Å². The number of rotatable bonds is 5. The summed E-state index contributed by atoms with van der Waals surface area (Å²) in [4.78, 5) is 18.2. The lowest BCUT2D eigenvalue weighted by atomic mass is 10.1. The first-order valence-corrected chi connectivity index (χ1v) is 10.3. The topological polar surface area (TPSA) is 65.7 Å². The summed E-state index contributed by atoms with van der Waals surface area (Å²) in [7, 11) is 3.15. The number of nitrogens with zero attached hydrogens (tertiary/aromatic N) is 3. The molecule has 3 aromatic carbocycles. The minimum Gasteiger partial charge on any atom is -0.493 e. The lowest BCUT2D eigenvalue weighted by Gasteiger charge is -2.12. The SMILES string of the molecule is COc1ccc(-c2nc3ccc(C)cc3c(=O)n2N=Cc2ccc(C)c(C)c2)cc1OC. The summed E-state index contributed by atoms with van der Waals surface area (Å²) in [5, 5.41) is 5.07. The van der Waals surface area contributed by atoms with Gasteiger partial charge in [0.2, 0.25) is 0 Å². The molecule has 4 rings (SSSR count). The van der Waals surface area contributed by atoms with Gasteiger partial charge in [0.1, 0.15) is 0 Å². The fourth-order valence-electron chi connectivity index (χ4n) is 3.53. The van der Waals surface area contributed by atoms with Gasteiger partial charge in [0, 0.05) is 5.56 Å². The Hall–Kier alpha value is -3.93. The second kappa shape index (κ2) is 8.67. The first-order valence-electron chi connectivity index (χ1n) is 10.3. The summed E-state index contributed by atoms with van der Waals surface area (Å²) < 4.78 is 12.1. The Labute approximate surface area is 186 Å². The number of hydrogen-bond donors (Lipinski definition) is 0. The van der Waals surface area contributed by atoms with Gasteiger partial charge in [-0.1, -0.05) is 29.8 Å². The Bertz CT molecular complexity index is 1400. The second-order valence-electron chi connectivity index (χ2n) is 7.73. The summed E-state index contributed by atoms with van der Waals surface area (Å²) in [5.74, 6) is 1.57. The Morgan fingerprint density at radius 1 is 0.875 bits per heavy atom. The Balaban J connectivity index is 1.95. The summed E-state index contributed by atoms with van der Waals surface area (Å²) in [5.41, 5.74) is 5.33. The molecular weight excluding hydrogens is 402 g/mol. The molecular formula is C26H25N3O3. The van der Waals surface area contributed by atoms with Crippen molar-refractivity contribution in [1.29, 1.82) is 0 Å². The Morgan fingerprint density at radius 3 is 2.38 bits per heavy atom. The van der Waals surface area contributed by atoms with Crippen molar-refractivity contribution in [3.63, 3.8) is 0 Å². The number of fused-ring (bicyclic) bond motifs is 1. The minimum atomic E-state index is -0.233. The van der Waals surface area contributed by atoms with Gasteiger partial charge in [-0.3, -0.25) is 4.79 Å². The summed E-state index contributed by atoms with van der Waals surface area (Å²) in [6.07, 6.45) is 1.68. The molecule has 1 heterocycles. The molecule has 0 spiro atoms. The van der Waals surface area contributed by atoms with Gasteiger partial charge in [-0.15, -0.1) is 0 Å². The van der Waals surface area contributed by atoms with E-state index in [-0.39, 0.29) is 5.56 Å². The number of aromatic nitrogens is 2. The number of methoxy groups -OCH3 is 2. The van der Waals surface area contributed by atoms with Crippen LogP contribution in [0.3, 0.4) is 0 Å². The van der Waals surface area contributed by atoms with E-state index in [0.29, 0.717) is 33.8 Å². The number of ether oxygens (including phenoxy) is 2. The predicted octanol–water partition coefficient (Wildman–Crippen LogP) is 4.89. The summed E-state index contributed by atoms with van der Waals surface area (Å²) in [6, 6.07) is 17.1. The van der Waals surface area contributed by atoms with Crippen LogP contribution in [0.1, 0.15) is 22.3 Å². The molecule has 4 aromatic rings. The third-order valence-electron chi connectivity index (χ3n) is 5.50. The number of aryl methyl sites for hydroxylation is 3. The van der Waals surface area contributed by atoms with Crippen molar-refractivity contribution < 1.29 is 9.47 Å². The van der Waals surface area contributed by atoms with Crippen LogP contribution < -0.4 is 15.0 Å². The predicted molar refractivity (Wildman–Crippen MR) is 128 cm³/mol. The van der Waals surface area contributed by atoms with Crippen LogP contribution in [-0.2, 0) is 0 Å². The first-order chi connectivity index (χ1) is 15.4. The monoisotopic (exact) mass is 427 g/mol. The molecule has 162 valence electrons. The minimum absolute atomic E-state index is 0.233. The van der Waals surface area contributed by atoms with Crippen molar-refractivity contribution >= 4 is 17.1 Å². The van der Waals surface area contributed by atoms with Crippen LogP contribution in [-0.4, -0.2) is 30.1 Å². The van der Waals surface area contributed by atoms with Gasteiger partial charge in [0.05, 0.1) is 31.3 Å². The van der Waals surface area contributed by atoms with Gasteiger partial charge in [-0.25, -0.2) is 4.98 Å². The van der Waals surface area contributed by atoms with E-state index in [1.165, 1.54) is 10.2 Å². The zero-order chi connectivity index (χ0) is 22.8. The average Bonchev–Trinajstić information content (AvgIpc) is 2.80. The van der Waals surface area contributed by atoms with Gasteiger partial charge >= 0.3 is 0 Å². The number of benzene rings is 3. The third-order valence-corrected chi connectivity index (χ3v) is 5.50. The van der Waals surface area contributed by atoms with E-state index in [2.05, 4.69) is 12.0 Å². The van der Waals surface area contributed by atoms with Crippen LogP contribution in [0.25, 0.3) is 22.3 Å². The van der Waals surface area contributed by atoms with Crippen molar-refractivity contribution in [1.82, 2.24) is 9.66 Å². The lowest BCUT2D eigenvalue weighted by Crippen LogP contribution is -2.20. The fraction of sp³-hybridized carbons (Fsp3) is 0.192. The normalized spacial score (nSPS) is 11.3. The molecule has 6 nitrogen and oxygen atoms in total. The molecule has 0 bridgehead atoms. The molecule has 0 aliphatic rings. The largest absolute Gasteiger partial charge is 0.493 e. The van der Waals surface area contributed by atoms with Crippen molar-refractivity contribution in [2.24, 2.45) is 5.10 Å². The van der Waals surface area contributed by atoms with E-state index in [9.17, 15) is 4.79 Å². The highest BCUT2D eigenvalue weighted by atomic mass is 16.5. The molecule has 0 saturated carbocycles. The van der Waals surface area contributed by atoms with E-state index >= 15 is 0 Å². The molecule has 0 amide bonds. The molecule has 32 heavy (non-hydrogen) atoms. The van der Waals surface area contributed by atoms with Gasteiger partial charge in [-0.2, -0.15) is 9.78 Å². The standard InChI is InChI=1S/C26H25N3O3/c1-16-6-10-22-21(12-16)26(30)29(27-15-19-8-7-17(2)18(3)13-19)25(28-22)20-9-11-23(31-4)24(14-20)32-5/h6-15H,1-5H3. The summed E-state index contributed by atoms with van der Waals surface area (Å²) >= 11 is 0. The average molecular weight is 428 g/mol. The van der Waals surface area contributed by atoms with Crippen LogP contribution in [0.15, 0.2) is 64.5 Å². The molecule has 0 saturated heterocycles. The number of hydrogen-bond acceptors (Lipinski definition) is 5. The smallest absolute Gasteiger partial charge is 0.282 e. The molecule has 0 N–H and O–H groups in total. The molecule has 1 aromatic heterocycles. The fourth-order valence-corrected chi connectivity index (χ4v) is 3.53. The molecule has 6 heteroatoms. The van der Waals surface area contributed by atoms with Gasteiger partial charge in [0.25, 0.3) is 5.56 Å². The Morgan fingerprint density at radius 2 is 1.66 bits per heavy atom. The van der Waals surface area contributed by atoms with E-state index in [0.717, 1.165) is 16.7 Å². The van der Waals surface area contributed by atoms with Gasteiger partial charge in [-0.05, 0) is 67.8 Å². The molecule has 0 aliphatic heterocycles. The quantitative estimate of drug-likeness (QED) is 0.426. The first kappa shape index (κ1) is 21.3.